The number of alkyl halides is 1. The molecule has 0 bridgehead atoms. The van der Waals surface area contributed by atoms with Crippen molar-refractivity contribution in [2.24, 2.45) is 7.05 Å². The van der Waals surface area contributed by atoms with Crippen LogP contribution in [0.25, 0.3) is 5.82 Å². The fraction of sp³-hybridized carbons (Fsp3) is 0.375. The molecular weight excluding hydrogens is 246 g/mol. The fourth-order valence-electron chi connectivity index (χ4n) is 1.45. The molecule has 2 aromatic rings. The third-order valence-corrected chi connectivity index (χ3v) is 2.64. The van der Waals surface area contributed by atoms with Crippen molar-refractivity contribution in [2.45, 2.75) is 12.3 Å². The van der Waals surface area contributed by atoms with Gasteiger partial charge in [0.2, 0.25) is 0 Å². The minimum atomic E-state index is 0.766. The van der Waals surface area contributed by atoms with Gasteiger partial charge in [0.25, 0.3) is 0 Å². The number of nitrogens with zero attached hydrogens (tertiary/aromatic N) is 5. The molecular formula is C8H10BrN5. The Bertz CT molecular complexity index is 431. The molecule has 2 heterocycles. The van der Waals surface area contributed by atoms with Crippen molar-refractivity contribution >= 4 is 15.9 Å². The molecule has 0 radical (unpaired) electrons. The van der Waals surface area contributed by atoms with Crippen molar-refractivity contribution < 1.29 is 0 Å². The van der Waals surface area contributed by atoms with Crippen LogP contribution in [0.1, 0.15) is 11.3 Å². The number of hydrogen-bond acceptors (Lipinski definition) is 3. The first kappa shape index (κ1) is 9.39. The van der Waals surface area contributed by atoms with Crippen molar-refractivity contribution in [3.8, 4) is 5.82 Å². The van der Waals surface area contributed by atoms with Crippen LogP contribution in [0.15, 0.2) is 12.7 Å². The number of hydrogen-bond donors (Lipinski definition) is 0. The second-order valence-electron chi connectivity index (χ2n) is 2.98. The monoisotopic (exact) mass is 255 g/mol. The normalized spacial score (nSPS) is 10.8. The Morgan fingerprint density at radius 2 is 2.29 bits per heavy atom. The lowest BCUT2D eigenvalue weighted by Crippen LogP contribution is -2.05. The van der Waals surface area contributed by atoms with Gasteiger partial charge in [0.05, 0.1) is 5.69 Å². The van der Waals surface area contributed by atoms with Gasteiger partial charge in [-0.15, -0.1) is 0 Å². The molecule has 0 aliphatic carbocycles. The smallest absolute Gasteiger partial charge is 0.157 e. The first-order valence-corrected chi connectivity index (χ1v) is 5.29. The molecule has 0 atom stereocenters. The molecule has 74 valence electrons. The van der Waals surface area contributed by atoms with Crippen molar-refractivity contribution in [2.75, 3.05) is 0 Å². The highest BCUT2D eigenvalue weighted by atomic mass is 79.9. The van der Waals surface area contributed by atoms with E-state index in [0.29, 0.717) is 0 Å². The Morgan fingerprint density at radius 1 is 1.50 bits per heavy atom. The predicted molar refractivity (Wildman–Crippen MR) is 55.5 cm³/mol. The number of rotatable bonds is 2. The molecule has 0 saturated heterocycles. The van der Waals surface area contributed by atoms with Crippen LogP contribution in [0.5, 0.6) is 0 Å². The van der Waals surface area contributed by atoms with E-state index >= 15 is 0 Å². The molecule has 2 rings (SSSR count). The highest BCUT2D eigenvalue weighted by Crippen LogP contribution is 2.19. The van der Waals surface area contributed by atoms with Crippen LogP contribution < -0.4 is 0 Å². The first-order valence-electron chi connectivity index (χ1n) is 4.17. The van der Waals surface area contributed by atoms with E-state index in [2.05, 4.69) is 31.1 Å². The average Bonchev–Trinajstić information content (AvgIpc) is 2.72. The van der Waals surface area contributed by atoms with Crippen LogP contribution in [0.3, 0.4) is 0 Å². The molecule has 0 aliphatic heterocycles. The Balaban J connectivity index is 2.62. The maximum Gasteiger partial charge on any atom is 0.157 e. The lowest BCUT2D eigenvalue weighted by Gasteiger charge is -2.02. The van der Waals surface area contributed by atoms with Gasteiger partial charge in [0.15, 0.2) is 5.82 Å². The van der Waals surface area contributed by atoms with E-state index in [-0.39, 0.29) is 0 Å². The number of halogens is 1. The quantitative estimate of drug-likeness (QED) is 0.758. The molecule has 2 aromatic heterocycles. The van der Waals surface area contributed by atoms with Gasteiger partial charge in [-0.2, -0.15) is 10.2 Å². The van der Waals surface area contributed by atoms with Gasteiger partial charge in [-0.3, -0.25) is 4.68 Å². The minimum absolute atomic E-state index is 0.766. The van der Waals surface area contributed by atoms with Gasteiger partial charge in [-0.25, -0.2) is 9.67 Å². The maximum absolute atomic E-state index is 4.34. The largest absolute Gasteiger partial charge is 0.250 e. The summed E-state index contributed by atoms with van der Waals surface area (Å²) in [6.07, 6.45) is 3.18. The zero-order valence-corrected chi connectivity index (χ0v) is 9.56. The summed E-state index contributed by atoms with van der Waals surface area (Å²) >= 11 is 3.44. The molecule has 0 N–H and O–H groups in total. The van der Waals surface area contributed by atoms with Crippen LogP contribution in [-0.4, -0.2) is 24.5 Å². The summed E-state index contributed by atoms with van der Waals surface area (Å²) in [5.41, 5.74) is 2.15. The van der Waals surface area contributed by atoms with Crippen molar-refractivity contribution in [3.63, 3.8) is 0 Å². The average molecular weight is 256 g/mol. The van der Waals surface area contributed by atoms with Crippen molar-refractivity contribution in [3.05, 3.63) is 23.9 Å². The van der Waals surface area contributed by atoms with Gasteiger partial charge in [-0.1, -0.05) is 15.9 Å². The van der Waals surface area contributed by atoms with Crippen molar-refractivity contribution in [1.29, 1.82) is 0 Å². The van der Waals surface area contributed by atoms with Gasteiger partial charge >= 0.3 is 0 Å². The Labute approximate surface area is 89.9 Å². The Hall–Kier alpha value is -1.17. The second kappa shape index (κ2) is 3.53. The molecule has 14 heavy (non-hydrogen) atoms. The SMILES string of the molecule is Cc1nn(C)c(-n2cncn2)c1CBr. The van der Waals surface area contributed by atoms with Crippen LogP contribution in [0.4, 0.5) is 0 Å². The molecule has 0 aliphatic rings. The first-order chi connectivity index (χ1) is 6.74. The van der Waals surface area contributed by atoms with E-state index in [4.69, 9.17) is 0 Å². The van der Waals surface area contributed by atoms with E-state index in [0.717, 1.165) is 22.4 Å². The number of aromatic nitrogens is 5. The highest BCUT2D eigenvalue weighted by molar-refractivity contribution is 9.08. The fourth-order valence-corrected chi connectivity index (χ4v) is 2.11. The summed E-state index contributed by atoms with van der Waals surface area (Å²) in [6.45, 7) is 1.98. The summed E-state index contributed by atoms with van der Waals surface area (Å²) in [5, 5.41) is 9.19. The van der Waals surface area contributed by atoms with Gasteiger partial charge in [0, 0.05) is 17.9 Å². The highest BCUT2D eigenvalue weighted by Gasteiger charge is 2.13. The third-order valence-electron chi connectivity index (χ3n) is 2.08. The summed E-state index contributed by atoms with van der Waals surface area (Å²) in [4.78, 5) is 3.92. The van der Waals surface area contributed by atoms with Crippen LogP contribution in [0, 0.1) is 6.92 Å². The lowest BCUT2D eigenvalue weighted by atomic mass is 10.3. The molecule has 0 saturated carbocycles. The number of aryl methyl sites for hydroxylation is 2. The van der Waals surface area contributed by atoms with E-state index in [9.17, 15) is 0 Å². The molecule has 0 aromatic carbocycles. The Morgan fingerprint density at radius 3 is 2.86 bits per heavy atom. The summed E-state index contributed by atoms with van der Waals surface area (Å²) in [5.74, 6) is 0.955. The molecule has 0 fully saturated rings. The predicted octanol–water partition coefficient (Wildman–Crippen LogP) is 1.20. The van der Waals surface area contributed by atoms with Crippen LogP contribution in [0.2, 0.25) is 0 Å². The summed E-state index contributed by atoms with van der Waals surface area (Å²) in [6, 6.07) is 0. The summed E-state index contributed by atoms with van der Waals surface area (Å²) < 4.78 is 3.52. The zero-order valence-electron chi connectivity index (χ0n) is 7.98. The van der Waals surface area contributed by atoms with E-state index in [1.54, 1.807) is 15.7 Å². The second-order valence-corrected chi connectivity index (χ2v) is 3.55. The van der Waals surface area contributed by atoms with Gasteiger partial charge in [0.1, 0.15) is 12.7 Å². The maximum atomic E-state index is 4.34. The standard InChI is InChI=1S/C8H10BrN5/c1-6-7(3-9)8(13(2)12-6)14-5-10-4-11-14/h4-5H,3H2,1-2H3. The summed E-state index contributed by atoms with van der Waals surface area (Å²) in [7, 11) is 1.90. The lowest BCUT2D eigenvalue weighted by molar-refractivity contribution is 0.692. The van der Waals surface area contributed by atoms with Crippen molar-refractivity contribution in [1.82, 2.24) is 24.5 Å². The van der Waals surface area contributed by atoms with E-state index in [1.165, 1.54) is 6.33 Å². The van der Waals surface area contributed by atoms with E-state index < -0.39 is 0 Å². The molecule has 0 amide bonds. The third kappa shape index (κ3) is 1.35. The van der Waals surface area contributed by atoms with Crippen LogP contribution >= 0.6 is 15.9 Å². The van der Waals surface area contributed by atoms with E-state index in [1.807, 2.05) is 14.0 Å². The van der Waals surface area contributed by atoms with Gasteiger partial charge < -0.3 is 0 Å². The Kier molecular flexibility index (Phi) is 2.37. The molecule has 0 spiro atoms. The molecule has 5 nitrogen and oxygen atoms in total. The molecule has 0 unspecified atom stereocenters. The minimum Gasteiger partial charge on any atom is -0.250 e. The zero-order chi connectivity index (χ0) is 10.1. The van der Waals surface area contributed by atoms with Gasteiger partial charge in [-0.05, 0) is 6.92 Å². The topological polar surface area (TPSA) is 48.5 Å². The van der Waals surface area contributed by atoms with Crippen LogP contribution in [-0.2, 0) is 12.4 Å². The molecule has 6 heteroatoms.